The van der Waals surface area contributed by atoms with Gasteiger partial charge in [-0.2, -0.15) is 0 Å². The molecule has 2 N–H and O–H groups in total. The fourth-order valence-corrected chi connectivity index (χ4v) is 3.48. The maximum Gasteiger partial charge on any atom is 0.222 e. The van der Waals surface area contributed by atoms with Crippen LogP contribution in [0.15, 0.2) is 18.2 Å². The Labute approximate surface area is 137 Å². The Morgan fingerprint density at radius 2 is 2.18 bits per heavy atom. The predicted octanol–water partition coefficient (Wildman–Crippen LogP) is 1.97. The molecule has 8 heteroatoms. The highest BCUT2D eigenvalue weighted by molar-refractivity contribution is 7.80. The van der Waals surface area contributed by atoms with E-state index in [0.29, 0.717) is 5.13 Å². The molecule has 0 spiro atoms. The van der Waals surface area contributed by atoms with Crippen molar-refractivity contribution in [1.29, 1.82) is 0 Å². The fraction of sp³-hybridized carbons (Fsp3) is 0.357. The number of nitrogens with one attached hydrogen (secondary N) is 2. The van der Waals surface area contributed by atoms with Gasteiger partial charge in [-0.1, -0.05) is 11.3 Å². The zero-order valence-electron chi connectivity index (χ0n) is 12.1. The first-order chi connectivity index (χ1) is 10.6. The number of rotatable bonds is 2. The van der Waals surface area contributed by atoms with Gasteiger partial charge in [0.25, 0.3) is 0 Å². The molecule has 1 saturated heterocycles. The largest absolute Gasteiger partial charge is 0.378 e. The van der Waals surface area contributed by atoms with Crippen molar-refractivity contribution in [3.05, 3.63) is 18.2 Å². The second-order valence-electron chi connectivity index (χ2n) is 4.91. The van der Waals surface area contributed by atoms with Crippen molar-refractivity contribution in [2.75, 3.05) is 36.5 Å². The van der Waals surface area contributed by atoms with E-state index in [1.54, 1.807) is 0 Å². The van der Waals surface area contributed by atoms with Gasteiger partial charge >= 0.3 is 0 Å². The summed E-state index contributed by atoms with van der Waals surface area (Å²) in [6.07, 6.45) is 0. The molecule has 0 unspecified atom stereocenters. The van der Waals surface area contributed by atoms with Crippen LogP contribution in [-0.4, -0.2) is 42.3 Å². The number of ether oxygens (including phenoxy) is 1. The normalized spacial score (nSPS) is 14.9. The van der Waals surface area contributed by atoms with Gasteiger partial charge in [0.2, 0.25) is 5.91 Å². The molecule has 2 aromatic rings. The van der Waals surface area contributed by atoms with Crippen molar-refractivity contribution in [3.63, 3.8) is 0 Å². The summed E-state index contributed by atoms with van der Waals surface area (Å²) >= 11 is 6.56. The summed E-state index contributed by atoms with van der Waals surface area (Å²) in [5.74, 6) is -0.201. The highest BCUT2D eigenvalue weighted by atomic mass is 32.1. The minimum Gasteiger partial charge on any atom is -0.378 e. The summed E-state index contributed by atoms with van der Waals surface area (Å²) in [6.45, 7) is 4.75. The van der Waals surface area contributed by atoms with Gasteiger partial charge in [-0.25, -0.2) is 4.98 Å². The molecule has 6 nitrogen and oxygen atoms in total. The van der Waals surface area contributed by atoms with Crippen LogP contribution in [-0.2, 0) is 9.53 Å². The van der Waals surface area contributed by atoms with Crippen LogP contribution in [0.2, 0.25) is 0 Å². The molecule has 22 heavy (non-hydrogen) atoms. The molecule has 1 aromatic heterocycles. The molecule has 1 fully saturated rings. The van der Waals surface area contributed by atoms with Crippen LogP contribution >= 0.6 is 23.6 Å². The Balaban J connectivity index is 1.77. The summed E-state index contributed by atoms with van der Waals surface area (Å²) in [7, 11) is 0. The minimum absolute atomic E-state index is 0.201. The van der Waals surface area contributed by atoms with Crippen LogP contribution in [0.4, 0.5) is 10.8 Å². The Morgan fingerprint density at radius 3 is 2.91 bits per heavy atom. The molecule has 0 radical (unpaired) electrons. The second kappa shape index (κ2) is 6.55. The molecule has 1 aliphatic heterocycles. The van der Waals surface area contributed by atoms with Crippen molar-refractivity contribution >= 4 is 55.6 Å². The summed E-state index contributed by atoms with van der Waals surface area (Å²) < 4.78 is 6.46. The number of morpholine rings is 1. The first-order valence-corrected chi connectivity index (χ1v) is 8.16. The molecule has 0 aliphatic carbocycles. The summed E-state index contributed by atoms with van der Waals surface area (Å²) in [5.41, 5.74) is 2.09. The summed E-state index contributed by atoms with van der Waals surface area (Å²) in [6, 6.07) is 6.21. The zero-order chi connectivity index (χ0) is 15.5. The summed E-state index contributed by atoms with van der Waals surface area (Å²) in [4.78, 5) is 17.7. The number of hydrogen-bond donors (Lipinski definition) is 2. The van der Waals surface area contributed by atoms with Gasteiger partial charge in [-0.05, 0) is 30.4 Å². The lowest BCUT2D eigenvalue weighted by Gasteiger charge is -2.28. The van der Waals surface area contributed by atoms with Crippen molar-refractivity contribution in [2.45, 2.75) is 6.92 Å². The lowest BCUT2D eigenvalue weighted by molar-refractivity contribution is -0.117. The number of carbonyl (C=O) groups excluding carboxylic acids is 1. The first-order valence-electron chi connectivity index (χ1n) is 6.94. The predicted molar refractivity (Wildman–Crippen MR) is 92.7 cm³/mol. The molecule has 0 atom stereocenters. The number of hydrogen-bond acceptors (Lipinski definition) is 6. The molecular formula is C14H16N4O2S2. The molecular weight excluding hydrogens is 320 g/mol. The number of fused-ring (bicyclic) bond motifs is 1. The molecule has 0 saturated carbocycles. The number of benzene rings is 1. The lowest BCUT2D eigenvalue weighted by Crippen LogP contribution is -2.36. The quantitative estimate of drug-likeness (QED) is 0.818. The monoisotopic (exact) mass is 336 g/mol. The first kappa shape index (κ1) is 15.1. The van der Waals surface area contributed by atoms with Crippen LogP contribution in [0, 0.1) is 0 Å². The highest BCUT2D eigenvalue weighted by Gasteiger charge is 2.13. The van der Waals surface area contributed by atoms with Crippen LogP contribution in [0.5, 0.6) is 0 Å². The van der Waals surface area contributed by atoms with Crippen LogP contribution in [0.25, 0.3) is 10.2 Å². The second-order valence-corrected chi connectivity index (χ2v) is 6.34. The van der Waals surface area contributed by atoms with E-state index in [1.807, 2.05) is 6.07 Å². The van der Waals surface area contributed by atoms with Gasteiger partial charge in [0, 0.05) is 25.7 Å². The third kappa shape index (κ3) is 3.52. The summed E-state index contributed by atoms with van der Waals surface area (Å²) in [5, 5.41) is 6.40. The maximum absolute atomic E-state index is 11.0. The van der Waals surface area contributed by atoms with Gasteiger partial charge < -0.3 is 20.3 Å². The lowest BCUT2D eigenvalue weighted by atomic mass is 10.2. The molecule has 1 amide bonds. The van der Waals surface area contributed by atoms with Crippen LogP contribution in [0.3, 0.4) is 0 Å². The van der Waals surface area contributed by atoms with Gasteiger partial charge in [0.15, 0.2) is 10.2 Å². The number of thiocarbonyl (C=S) groups is 1. The van der Waals surface area contributed by atoms with E-state index in [2.05, 4.69) is 32.7 Å². The number of aromatic nitrogens is 1. The number of anilines is 2. The molecule has 3 rings (SSSR count). The number of thiazole rings is 1. The average molecular weight is 336 g/mol. The van der Waals surface area contributed by atoms with Crippen molar-refractivity contribution < 1.29 is 9.53 Å². The smallest absolute Gasteiger partial charge is 0.222 e. The third-order valence-corrected chi connectivity index (χ3v) is 4.40. The van der Waals surface area contributed by atoms with Gasteiger partial charge in [0.05, 0.1) is 23.4 Å². The Hall–Kier alpha value is -1.77. The van der Waals surface area contributed by atoms with Gasteiger partial charge in [-0.3, -0.25) is 4.79 Å². The number of nitrogens with zero attached hydrogens (tertiary/aromatic N) is 2. The van der Waals surface area contributed by atoms with Crippen LogP contribution < -0.4 is 15.5 Å². The van der Waals surface area contributed by atoms with E-state index < -0.39 is 0 Å². The Kier molecular flexibility index (Phi) is 4.51. The maximum atomic E-state index is 11.0. The highest BCUT2D eigenvalue weighted by Crippen LogP contribution is 2.30. The molecule has 2 heterocycles. The number of carbonyl (C=O) groups is 1. The van der Waals surface area contributed by atoms with E-state index in [9.17, 15) is 4.79 Å². The molecule has 1 aromatic carbocycles. The fourth-order valence-electron chi connectivity index (χ4n) is 2.27. The minimum atomic E-state index is -0.201. The van der Waals surface area contributed by atoms with E-state index >= 15 is 0 Å². The van der Waals surface area contributed by atoms with E-state index in [1.165, 1.54) is 23.9 Å². The third-order valence-electron chi connectivity index (χ3n) is 3.26. The van der Waals surface area contributed by atoms with E-state index in [0.717, 1.165) is 36.5 Å². The topological polar surface area (TPSA) is 66.5 Å². The zero-order valence-corrected chi connectivity index (χ0v) is 13.7. The van der Waals surface area contributed by atoms with E-state index in [-0.39, 0.29) is 11.0 Å². The Bertz CT molecular complexity index is 710. The van der Waals surface area contributed by atoms with Crippen molar-refractivity contribution in [1.82, 2.24) is 10.3 Å². The Morgan fingerprint density at radius 1 is 1.41 bits per heavy atom. The number of amides is 1. The SMILES string of the molecule is CC(=O)NC(=S)Nc1nc2ccc(N3CCOCC3)cc2s1. The standard InChI is InChI=1S/C14H16N4O2S2/c1-9(19)15-13(21)17-14-16-11-3-2-10(8-12(11)22-14)18-4-6-20-7-5-18/h2-3,8H,4-7H2,1H3,(H2,15,16,17,19,21). The van der Waals surface area contributed by atoms with Gasteiger partial charge in [-0.15, -0.1) is 0 Å². The van der Waals surface area contributed by atoms with Crippen molar-refractivity contribution in [2.24, 2.45) is 0 Å². The van der Waals surface area contributed by atoms with Gasteiger partial charge in [0.1, 0.15) is 0 Å². The molecule has 0 bridgehead atoms. The molecule has 116 valence electrons. The average Bonchev–Trinajstić information content (AvgIpc) is 2.88. The van der Waals surface area contributed by atoms with Crippen molar-refractivity contribution in [3.8, 4) is 0 Å². The molecule has 1 aliphatic rings. The van der Waals surface area contributed by atoms with E-state index in [4.69, 9.17) is 17.0 Å². The van der Waals surface area contributed by atoms with Crippen LogP contribution in [0.1, 0.15) is 6.92 Å².